The highest BCUT2D eigenvalue weighted by Crippen LogP contribution is 2.29. The highest BCUT2D eigenvalue weighted by molar-refractivity contribution is 5.92. The highest BCUT2D eigenvalue weighted by Gasteiger charge is 2.25. The van der Waals surface area contributed by atoms with Gasteiger partial charge in [-0.25, -0.2) is 14.8 Å². The summed E-state index contributed by atoms with van der Waals surface area (Å²) < 4.78 is 5.29. The second-order valence-corrected chi connectivity index (χ2v) is 8.75. The zero-order chi connectivity index (χ0) is 25.1. The Bertz CT molecular complexity index is 1420. The number of H-pyrrole nitrogens is 1. The van der Waals surface area contributed by atoms with E-state index >= 15 is 0 Å². The minimum Gasteiger partial charge on any atom is -0.497 e. The number of urea groups is 1. The van der Waals surface area contributed by atoms with Crippen molar-refractivity contribution in [2.75, 3.05) is 38.2 Å². The third-order valence-corrected chi connectivity index (χ3v) is 6.53. The van der Waals surface area contributed by atoms with Crippen molar-refractivity contribution in [1.29, 1.82) is 5.26 Å². The fourth-order valence-corrected chi connectivity index (χ4v) is 4.45. The molecule has 182 valence electrons. The zero-order valence-electron chi connectivity index (χ0n) is 20.2. The minimum absolute atomic E-state index is 0.0810. The second-order valence-electron chi connectivity index (χ2n) is 8.75. The standard InChI is InChI=1S/C27H27N7O2/c1-18(21-4-3-5-22(14-21)36-2)31-27(35)34-12-10-33(11-13-34)26-23-15-24(32-25(23)29-17-30-26)20-8-6-19(16-28)7-9-20/h3-9,14-15,17-18H,10-13H2,1-2H3,(H,31,35)(H,29,30,32). The van der Waals surface area contributed by atoms with Crippen molar-refractivity contribution in [3.63, 3.8) is 0 Å². The number of aromatic amines is 1. The molecule has 3 heterocycles. The van der Waals surface area contributed by atoms with Crippen LogP contribution in [-0.2, 0) is 0 Å². The van der Waals surface area contributed by atoms with Gasteiger partial charge in [0.1, 0.15) is 23.5 Å². The molecule has 2 N–H and O–H groups in total. The molecule has 0 radical (unpaired) electrons. The van der Waals surface area contributed by atoms with E-state index in [2.05, 4.69) is 31.2 Å². The third kappa shape index (κ3) is 4.66. The van der Waals surface area contributed by atoms with Gasteiger partial charge < -0.3 is 24.8 Å². The molecule has 0 spiro atoms. The number of piperazine rings is 1. The lowest BCUT2D eigenvalue weighted by molar-refractivity contribution is 0.191. The number of benzene rings is 2. The SMILES string of the molecule is COc1cccc(C(C)NC(=O)N2CCN(c3ncnc4[nH]c(-c5ccc(C#N)cc5)cc34)CC2)c1. The van der Waals surface area contributed by atoms with Crippen molar-refractivity contribution in [2.45, 2.75) is 13.0 Å². The van der Waals surface area contributed by atoms with Gasteiger partial charge in [0.2, 0.25) is 0 Å². The monoisotopic (exact) mass is 481 g/mol. The second kappa shape index (κ2) is 9.96. The van der Waals surface area contributed by atoms with Crippen molar-refractivity contribution < 1.29 is 9.53 Å². The predicted octanol–water partition coefficient (Wildman–Crippen LogP) is 4.10. The number of nitrogens with zero attached hydrogens (tertiary/aromatic N) is 5. The van der Waals surface area contributed by atoms with Gasteiger partial charge in [0, 0.05) is 31.9 Å². The first-order valence-corrected chi connectivity index (χ1v) is 11.8. The smallest absolute Gasteiger partial charge is 0.317 e. The number of carbonyl (C=O) groups excluding carboxylic acids is 1. The van der Waals surface area contributed by atoms with E-state index in [-0.39, 0.29) is 12.1 Å². The van der Waals surface area contributed by atoms with Gasteiger partial charge in [0.05, 0.1) is 30.2 Å². The van der Waals surface area contributed by atoms with Crippen molar-refractivity contribution >= 4 is 22.9 Å². The molecule has 2 aromatic carbocycles. The molecule has 4 aromatic rings. The summed E-state index contributed by atoms with van der Waals surface area (Å²) in [6.45, 7) is 4.50. The summed E-state index contributed by atoms with van der Waals surface area (Å²) in [5.41, 5.74) is 4.27. The number of ether oxygens (including phenoxy) is 1. The molecule has 1 saturated heterocycles. The van der Waals surface area contributed by atoms with E-state index in [0.29, 0.717) is 31.7 Å². The molecular weight excluding hydrogens is 454 g/mol. The first-order valence-electron chi connectivity index (χ1n) is 11.8. The van der Waals surface area contributed by atoms with E-state index in [4.69, 9.17) is 10.00 Å². The van der Waals surface area contributed by atoms with Gasteiger partial charge in [-0.15, -0.1) is 0 Å². The van der Waals surface area contributed by atoms with E-state index < -0.39 is 0 Å². The van der Waals surface area contributed by atoms with E-state index in [9.17, 15) is 4.79 Å². The topological polar surface area (TPSA) is 110 Å². The Morgan fingerprint density at radius 1 is 1.11 bits per heavy atom. The summed E-state index contributed by atoms with van der Waals surface area (Å²) in [6.07, 6.45) is 1.56. The van der Waals surface area contributed by atoms with Gasteiger partial charge in [0.15, 0.2) is 0 Å². The van der Waals surface area contributed by atoms with Crippen molar-refractivity contribution in [1.82, 2.24) is 25.2 Å². The summed E-state index contributed by atoms with van der Waals surface area (Å²) in [6, 6.07) is 19.1. The number of nitriles is 1. The molecule has 9 heteroatoms. The Kier molecular flexibility index (Phi) is 6.41. The fourth-order valence-electron chi connectivity index (χ4n) is 4.45. The largest absolute Gasteiger partial charge is 0.497 e. The number of methoxy groups -OCH3 is 1. The first-order chi connectivity index (χ1) is 17.6. The van der Waals surface area contributed by atoms with Crippen molar-refractivity contribution in [3.05, 3.63) is 72.1 Å². The molecule has 1 unspecified atom stereocenters. The number of hydrogen-bond acceptors (Lipinski definition) is 6. The molecule has 2 aromatic heterocycles. The van der Waals surface area contributed by atoms with Gasteiger partial charge in [0.25, 0.3) is 0 Å². The number of amides is 2. The number of carbonyl (C=O) groups is 1. The van der Waals surface area contributed by atoms with Crippen LogP contribution in [0.5, 0.6) is 5.75 Å². The average molecular weight is 482 g/mol. The predicted molar refractivity (Wildman–Crippen MR) is 138 cm³/mol. The molecular formula is C27H27N7O2. The van der Waals surface area contributed by atoms with E-state index in [0.717, 1.165) is 39.4 Å². The molecule has 1 aliphatic heterocycles. The zero-order valence-corrected chi connectivity index (χ0v) is 20.2. The maximum Gasteiger partial charge on any atom is 0.317 e. The molecule has 9 nitrogen and oxygen atoms in total. The number of rotatable bonds is 5. The van der Waals surface area contributed by atoms with Crippen LogP contribution >= 0.6 is 0 Å². The molecule has 1 fully saturated rings. The third-order valence-electron chi connectivity index (χ3n) is 6.53. The Hall–Kier alpha value is -4.58. The molecule has 1 atom stereocenters. The van der Waals surface area contributed by atoms with E-state index in [1.54, 1.807) is 25.6 Å². The van der Waals surface area contributed by atoms with Crippen LogP contribution < -0.4 is 15.0 Å². The Morgan fingerprint density at radius 2 is 1.89 bits per heavy atom. The van der Waals surface area contributed by atoms with Crippen LogP contribution in [-0.4, -0.2) is 59.2 Å². The van der Waals surface area contributed by atoms with Gasteiger partial charge in [-0.2, -0.15) is 5.26 Å². The van der Waals surface area contributed by atoms with Crippen LogP contribution in [0, 0.1) is 11.3 Å². The quantitative estimate of drug-likeness (QED) is 0.444. The average Bonchev–Trinajstić information content (AvgIpc) is 3.38. The molecule has 0 bridgehead atoms. The Morgan fingerprint density at radius 3 is 2.61 bits per heavy atom. The molecule has 1 aliphatic rings. The number of hydrogen-bond donors (Lipinski definition) is 2. The summed E-state index contributed by atoms with van der Waals surface area (Å²) >= 11 is 0. The summed E-state index contributed by atoms with van der Waals surface area (Å²) in [7, 11) is 1.63. The van der Waals surface area contributed by atoms with E-state index in [1.807, 2.05) is 54.3 Å². The summed E-state index contributed by atoms with van der Waals surface area (Å²) in [5, 5.41) is 13.1. The van der Waals surface area contributed by atoms with Crippen LogP contribution in [0.4, 0.5) is 10.6 Å². The van der Waals surface area contributed by atoms with Crippen LogP contribution in [0.2, 0.25) is 0 Å². The van der Waals surface area contributed by atoms with Crippen molar-refractivity contribution in [2.24, 2.45) is 0 Å². The number of anilines is 1. The Balaban J connectivity index is 1.26. The van der Waals surface area contributed by atoms with Crippen molar-refractivity contribution in [3.8, 4) is 23.1 Å². The minimum atomic E-state index is -0.132. The lowest BCUT2D eigenvalue weighted by atomic mass is 10.1. The summed E-state index contributed by atoms with van der Waals surface area (Å²) in [4.78, 5) is 29.3. The molecule has 36 heavy (non-hydrogen) atoms. The van der Waals surface area contributed by atoms with Gasteiger partial charge in [-0.3, -0.25) is 0 Å². The molecule has 0 saturated carbocycles. The molecule has 2 amide bonds. The van der Waals surface area contributed by atoms with Gasteiger partial charge >= 0.3 is 6.03 Å². The fraction of sp³-hybridized carbons (Fsp3) is 0.259. The summed E-state index contributed by atoms with van der Waals surface area (Å²) in [5.74, 6) is 1.62. The highest BCUT2D eigenvalue weighted by atomic mass is 16.5. The number of aromatic nitrogens is 3. The molecule has 0 aliphatic carbocycles. The van der Waals surface area contributed by atoms with Gasteiger partial charge in [-0.05, 0) is 48.4 Å². The number of nitrogens with one attached hydrogen (secondary N) is 2. The maximum atomic E-state index is 12.9. The van der Waals surface area contributed by atoms with Crippen LogP contribution in [0.3, 0.4) is 0 Å². The van der Waals surface area contributed by atoms with Gasteiger partial charge in [-0.1, -0.05) is 24.3 Å². The first kappa shape index (κ1) is 23.2. The van der Waals surface area contributed by atoms with E-state index in [1.165, 1.54) is 0 Å². The normalized spacial score (nSPS) is 14.4. The Labute approximate surface area is 209 Å². The van der Waals surface area contributed by atoms with Crippen LogP contribution in [0.25, 0.3) is 22.3 Å². The number of fused-ring (bicyclic) bond motifs is 1. The van der Waals surface area contributed by atoms with Crippen LogP contribution in [0.1, 0.15) is 24.1 Å². The molecule has 5 rings (SSSR count). The lowest BCUT2D eigenvalue weighted by Crippen LogP contribution is -2.52. The van der Waals surface area contributed by atoms with Crippen LogP contribution in [0.15, 0.2) is 60.9 Å². The lowest BCUT2D eigenvalue weighted by Gasteiger charge is -2.36. The maximum absolute atomic E-state index is 12.9.